The van der Waals surface area contributed by atoms with Crippen molar-refractivity contribution in [1.29, 1.82) is 0 Å². The van der Waals surface area contributed by atoms with Gasteiger partial charge in [0.25, 0.3) is 0 Å². The molecule has 0 radical (unpaired) electrons. The number of halogens is 2. The fourth-order valence-corrected chi connectivity index (χ4v) is 2.08. The van der Waals surface area contributed by atoms with Gasteiger partial charge in [0.1, 0.15) is 5.82 Å². The van der Waals surface area contributed by atoms with E-state index in [4.69, 9.17) is 4.74 Å². The topological polar surface area (TPSA) is 26.3 Å². The van der Waals surface area contributed by atoms with Gasteiger partial charge in [0.15, 0.2) is 0 Å². The normalized spacial score (nSPS) is 13.3. The molecule has 0 unspecified atom stereocenters. The van der Waals surface area contributed by atoms with E-state index in [1.165, 1.54) is 6.07 Å². The van der Waals surface area contributed by atoms with Crippen LogP contribution < -0.4 is 0 Å². The number of ether oxygens (including phenoxy) is 1. The summed E-state index contributed by atoms with van der Waals surface area (Å²) in [5.74, 6) is -0.643. The van der Waals surface area contributed by atoms with Crippen LogP contribution in [0.5, 0.6) is 0 Å². The maximum atomic E-state index is 13.3. The zero-order chi connectivity index (χ0) is 11.7. The summed E-state index contributed by atoms with van der Waals surface area (Å²) >= 11 is 3.12. The molecule has 0 saturated heterocycles. The Bertz CT molecular complexity index is 480. The van der Waals surface area contributed by atoms with E-state index in [-0.39, 0.29) is 11.8 Å². The number of carbonyl (C=O) groups excluding carboxylic acids is 1. The fraction of sp³-hybridized carbons (Fsp3) is 0.250. The summed E-state index contributed by atoms with van der Waals surface area (Å²) < 4.78 is 18.6. The van der Waals surface area contributed by atoms with Gasteiger partial charge in [-0.05, 0) is 52.2 Å². The van der Waals surface area contributed by atoms with Crippen molar-refractivity contribution in [3.05, 3.63) is 39.1 Å². The van der Waals surface area contributed by atoms with Gasteiger partial charge >= 0.3 is 5.97 Å². The number of hydrogen-bond acceptors (Lipinski definition) is 2. The minimum atomic E-state index is -0.324. The van der Waals surface area contributed by atoms with Gasteiger partial charge in [-0.15, -0.1) is 0 Å². The molecule has 2 nitrogen and oxygen atoms in total. The third-order valence-electron chi connectivity index (χ3n) is 2.43. The highest BCUT2D eigenvalue weighted by Crippen LogP contribution is 2.30. The smallest absolute Gasteiger partial charge is 0.334 e. The van der Waals surface area contributed by atoms with Gasteiger partial charge < -0.3 is 4.74 Å². The molecule has 0 amide bonds. The van der Waals surface area contributed by atoms with Gasteiger partial charge in [0.2, 0.25) is 0 Å². The maximum absolute atomic E-state index is 13.3. The zero-order valence-electron chi connectivity index (χ0n) is 8.72. The van der Waals surface area contributed by atoms with Gasteiger partial charge in [0, 0.05) is 12.0 Å². The van der Waals surface area contributed by atoms with Gasteiger partial charge in [-0.25, -0.2) is 9.18 Å². The first-order valence-electron chi connectivity index (χ1n) is 4.97. The molecular weight excluding hydrogens is 275 g/mol. The Kier molecular flexibility index (Phi) is 3.10. The lowest BCUT2D eigenvalue weighted by atomic mass is 10.1. The standard InChI is InChI=1S/C12H10BrFO2/c1-2-16-12(15)9-3-7-5-10(13)11(14)6-8(7)4-9/h4-6H,2-3H2,1H3. The fourth-order valence-electron chi connectivity index (χ4n) is 1.69. The van der Waals surface area contributed by atoms with Gasteiger partial charge in [0.05, 0.1) is 11.1 Å². The molecule has 1 aromatic carbocycles. The quantitative estimate of drug-likeness (QED) is 0.780. The molecule has 4 heteroatoms. The SMILES string of the molecule is CCOC(=O)C1=Cc2cc(F)c(Br)cc2C1. The molecule has 0 bridgehead atoms. The second kappa shape index (κ2) is 4.37. The summed E-state index contributed by atoms with van der Waals surface area (Å²) in [5, 5.41) is 0. The summed E-state index contributed by atoms with van der Waals surface area (Å²) in [4.78, 5) is 11.5. The lowest BCUT2D eigenvalue weighted by molar-refractivity contribution is -0.138. The molecule has 0 spiro atoms. The van der Waals surface area contributed by atoms with Crippen molar-refractivity contribution in [3.8, 4) is 0 Å². The predicted molar refractivity (Wildman–Crippen MR) is 62.4 cm³/mol. The van der Waals surface area contributed by atoms with E-state index in [0.29, 0.717) is 23.1 Å². The molecule has 0 aromatic heterocycles. The van der Waals surface area contributed by atoms with Crippen molar-refractivity contribution >= 4 is 28.0 Å². The van der Waals surface area contributed by atoms with Crippen molar-refractivity contribution in [2.24, 2.45) is 0 Å². The Morgan fingerprint density at radius 3 is 3.00 bits per heavy atom. The minimum Gasteiger partial charge on any atom is -0.463 e. The van der Waals surface area contributed by atoms with Crippen LogP contribution in [0.3, 0.4) is 0 Å². The number of carbonyl (C=O) groups is 1. The lowest BCUT2D eigenvalue weighted by Gasteiger charge is -2.02. The van der Waals surface area contributed by atoms with E-state index in [2.05, 4.69) is 15.9 Å². The first-order valence-corrected chi connectivity index (χ1v) is 5.76. The molecule has 0 fully saturated rings. The van der Waals surface area contributed by atoms with Crippen molar-refractivity contribution in [2.45, 2.75) is 13.3 Å². The van der Waals surface area contributed by atoms with Crippen LogP contribution in [0.25, 0.3) is 6.08 Å². The summed E-state index contributed by atoms with van der Waals surface area (Å²) in [6, 6.07) is 3.12. The van der Waals surface area contributed by atoms with E-state index in [1.807, 2.05) is 0 Å². The largest absolute Gasteiger partial charge is 0.463 e. The molecule has 0 heterocycles. The molecule has 1 aromatic rings. The Morgan fingerprint density at radius 2 is 2.31 bits per heavy atom. The molecule has 0 N–H and O–H groups in total. The molecule has 2 rings (SSSR count). The Balaban J connectivity index is 2.28. The predicted octanol–water partition coefficient (Wildman–Crippen LogP) is 3.09. The van der Waals surface area contributed by atoms with Gasteiger partial charge in [-0.3, -0.25) is 0 Å². The molecule has 1 aliphatic carbocycles. The third-order valence-corrected chi connectivity index (χ3v) is 3.04. The highest BCUT2D eigenvalue weighted by atomic mass is 79.9. The molecule has 0 atom stereocenters. The van der Waals surface area contributed by atoms with Crippen molar-refractivity contribution < 1.29 is 13.9 Å². The van der Waals surface area contributed by atoms with Crippen LogP contribution in [0.15, 0.2) is 22.2 Å². The van der Waals surface area contributed by atoms with E-state index in [9.17, 15) is 9.18 Å². The Hall–Kier alpha value is -1.16. The Morgan fingerprint density at radius 1 is 1.56 bits per heavy atom. The number of hydrogen-bond donors (Lipinski definition) is 0. The second-order valence-electron chi connectivity index (χ2n) is 3.53. The van der Waals surface area contributed by atoms with E-state index < -0.39 is 0 Å². The highest BCUT2D eigenvalue weighted by Gasteiger charge is 2.20. The number of esters is 1. The molecular formula is C12H10BrFO2. The minimum absolute atomic E-state index is 0.319. The van der Waals surface area contributed by atoms with E-state index >= 15 is 0 Å². The second-order valence-corrected chi connectivity index (χ2v) is 4.39. The Labute approximate surface area is 101 Å². The van der Waals surface area contributed by atoms with Gasteiger partial charge in [-0.2, -0.15) is 0 Å². The zero-order valence-corrected chi connectivity index (χ0v) is 10.3. The number of benzene rings is 1. The van der Waals surface area contributed by atoms with Crippen LogP contribution in [-0.4, -0.2) is 12.6 Å². The molecule has 84 valence electrons. The average molecular weight is 285 g/mol. The van der Waals surface area contributed by atoms with Crippen molar-refractivity contribution in [2.75, 3.05) is 6.61 Å². The summed E-state index contributed by atoms with van der Waals surface area (Å²) in [5.41, 5.74) is 2.27. The van der Waals surface area contributed by atoms with Crippen LogP contribution in [-0.2, 0) is 16.0 Å². The summed E-state index contributed by atoms with van der Waals surface area (Å²) in [7, 11) is 0. The van der Waals surface area contributed by atoms with Crippen LogP contribution in [0.1, 0.15) is 18.1 Å². The first-order chi connectivity index (χ1) is 7.61. The van der Waals surface area contributed by atoms with Crippen LogP contribution in [0, 0.1) is 5.82 Å². The van der Waals surface area contributed by atoms with E-state index in [1.54, 1.807) is 19.1 Å². The molecule has 1 aliphatic rings. The highest BCUT2D eigenvalue weighted by molar-refractivity contribution is 9.10. The molecule has 16 heavy (non-hydrogen) atoms. The monoisotopic (exact) mass is 284 g/mol. The van der Waals surface area contributed by atoms with E-state index in [0.717, 1.165) is 11.1 Å². The first kappa shape index (κ1) is 11.3. The summed E-state index contributed by atoms with van der Waals surface area (Å²) in [6.45, 7) is 2.11. The van der Waals surface area contributed by atoms with Crippen molar-refractivity contribution in [1.82, 2.24) is 0 Å². The third kappa shape index (κ3) is 2.02. The summed E-state index contributed by atoms with van der Waals surface area (Å²) in [6.07, 6.45) is 2.19. The lowest BCUT2D eigenvalue weighted by Crippen LogP contribution is -2.07. The average Bonchev–Trinajstić information content (AvgIpc) is 2.62. The van der Waals surface area contributed by atoms with Crippen LogP contribution >= 0.6 is 15.9 Å². The van der Waals surface area contributed by atoms with Gasteiger partial charge in [-0.1, -0.05) is 0 Å². The number of rotatable bonds is 2. The maximum Gasteiger partial charge on any atom is 0.334 e. The number of fused-ring (bicyclic) bond motifs is 1. The van der Waals surface area contributed by atoms with Crippen LogP contribution in [0.2, 0.25) is 0 Å². The van der Waals surface area contributed by atoms with Crippen molar-refractivity contribution in [3.63, 3.8) is 0 Å². The molecule has 0 saturated carbocycles. The molecule has 0 aliphatic heterocycles. The van der Waals surface area contributed by atoms with Crippen LogP contribution in [0.4, 0.5) is 4.39 Å².